The molecule has 0 saturated heterocycles. The molecule has 1 aromatic heterocycles. The Bertz CT molecular complexity index is 1540. The Morgan fingerprint density at radius 2 is 1.89 bits per heavy atom. The number of fused-ring (bicyclic) bond motifs is 1. The molecule has 0 spiro atoms. The topological polar surface area (TPSA) is 118 Å². The van der Waals surface area contributed by atoms with E-state index in [1.165, 1.54) is 0 Å². The van der Waals surface area contributed by atoms with Gasteiger partial charge in [0.25, 0.3) is 0 Å². The lowest BCUT2D eigenvalue weighted by Gasteiger charge is -2.20. The number of aromatic carboxylic acids is 1. The molecular formula is C28H27N3O4. The van der Waals surface area contributed by atoms with Crippen LogP contribution in [0.3, 0.4) is 0 Å². The molecule has 0 aliphatic heterocycles. The number of nitrogens with two attached hydrogens (primary N) is 1. The molecular weight excluding hydrogens is 442 g/mol. The van der Waals surface area contributed by atoms with Crippen molar-refractivity contribution in [2.75, 3.05) is 18.1 Å². The molecule has 0 bridgehead atoms. The Morgan fingerprint density at radius 3 is 2.60 bits per heavy atom. The van der Waals surface area contributed by atoms with Gasteiger partial charge in [-0.05, 0) is 62.7 Å². The summed E-state index contributed by atoms with van der Waals surface area (Å²) in [5.74, 6) is -0.565. The van der Waals surface area contributed by atoms with Gasteiger partial charge in [-0.3, -0.25) is 9.79 Å². The van der Waals surface area contributed by atoms with Crippen LogP contribution in [0.4, 0.5) is 11.4 Å². The van der Waals surface area contributed by atoms with E-state index in [0.29, 0.717) is 39.2 Å². The number of hydrogen-bond acceptors (Lipinski definition) is 6. The highest BCUT2D eigenvalue weighted by Gasteiger charge is 2.20. The molecule has 1 unspecified atom stereocenters. The van der Waals surface area contributed by atoms with Crippen molar-refractivity contribution in [2.24, 2.45) is 4.99 Å². The lowest BCUT2D eigenvalue weighted by Crippen LogP contribution is -2.14. The third-order valence-corrected chi connectivity index (χ3v) is 6.01. The summed E-state index contributed by atoms with van der Waals surface area (Å²) in [6.45, 7) is 5.57. The van der Waals surface area contributed by atoms with Gasteiger partial charge in [-0.1, -0.05) is 18.2 Å². The number of hydrogen-bond donors (Lipinski definition) is 3. The monoisotopic (exact) mass is 469 g/mol. The first-order valence-electron chi connectivity index (χ1n) is 11.2. The minimum Gasteiger partial charge on any atom is -0.478 e. The normalized spacial score (nSPS) is 12.2. The van der Waals surface area contributed by atoms with Crippen molar-refractivity contribution in [1.82, 2.24) is 0 Å². The predicted molar refractivity (Wildman–Crippen MR) is 141 cm³/mol. The van der Waals surface area contributed by atoms with Crippen LogP contribution in [0.15, 0.2) is 68.8 Å². The smallest absolute Gasteiger partial charge is 0.337 e. The molecule has 0 fully saturated rings. The standard InChI is InChI=1S/C28H27N3O4/c1-15-11-21(17(3)31-24-8-6-5-7-20(24)28(33)34)27-22(12-15)25(32)16(2)26(35-27)18-9-10-23(29)19(13-18)14-30-4/h5-14,17,31H,29H2,1-4H3,(H,33,34). The molecule has 0 aliphatic rings. The largest absolute Gasteiger partial charge is 0.478 e. The molecule has 1 atom stereocenters. The SMILES string of the molecule is CN=Cc1cc(-c2oc3c(C(C)Nc4ccccc4C(=O)O)cc(C)cc3c(=O)c2C)ccc1N. The molecule has 0 aliphatic carbocycles. The van der Waals surface area contributed by atoms with E-state index in [1.807, 2.05) is 38.1 Å². The summed E-state index contributed by atoms with van der Waals surface area (Å²) in [5.41, 5.74) is 11.2. The second-order valence-electron chi connectivity index (χ2n) is 8.56. The summed E-state index contributed by atoms with van der Waals surface area (Å²) in [5, 5.41) is 13.3. The zero-order valence-electron chi connectivity index (χ0n) is 20.0. The predicted octanol–water partition coefficient (Wildman–Crippen LogP) is 5.58. The van der Waals surface area contributed by atoms with Crippen molar-refractivity contribution in [3.63, 3.8) is 0 Å². The van der Waals surface area contributed by atoms with Crippen LogP contribution >= 0.6 is 0 Å². The lowest BCUT2D eigenvalue weighted by molar-refractivity contribution is 0.0698. The average Bonchev–Trinajstić information content (AvgIpc) is 2.83. The van der Waals surface area contributed by atoms with Crippen LogP contribution in [-0.2, 0) is 0 Å². The Balaban J connectivity index is 1.90. The van der Waals surface area contributed by atoms with Crippen molar-refractivity contribution in [3.05, 3.63) is 92.6 Å². The molecule has 178 valence electrons. The Kier molecular flexibility index (Phi) is 6.42. The van der Waals surface area contributed by atoms with Crippen molar-refractivity contribution in [1.29, 1.82) is 0 Å². The maximum absolute atomic E-state index is 13.4. The third-order valence-electron chi connectivity index (χ3n) is 6.01. The van der Waals surface area contributed by atoms with Crippen LogP contribution in [-0.4, -0.2) is 24.3 Å². The van der Waals surface area contributed by atoms with Gasteiger partial charge in [-0.25, -0.2) is 4.79 Å². The Labute approximate surface area is 202 Å². The van der Waals surface area contributed by atoms with E-state index in [9.17, 15) is 14.7 Å². The van der Waals surface area contributed by atoms with Gasteiger partial charge in [0, 0.05) is 46.9 Å². The highest BCUT2D eigenvalue weighted by Crippen LogP contribution is 2.33. The van der Waals surface area contributed by atoms with Gasteiger partial charge in [-0.15, -0.1) is 0 Å². The van der Waals surface area contributed by atoms with E-state index in [2.05, 4.69) is 10.3 Å². The van der Waals surface area contributed by atoms with Crippen LogP contribution in [0.2, 0.25) is 0 Å². The summed E-state index contributed by atoms with van der Waals surface area (Å²) in [6, 6.07) is 15.6. The van der Waals surface area contributed by atoms with E-state index in [4.69, 9.17) is 10.2 Å². The molecule has 35 heavy (non-hydrogen) atoms. The number of carboxylic acids is 1. The second kappa shape index (κ2) is 9.46. The van der Waals surface area contributed by atoms with E-state index in [0.717, 1.165) is 16.7 Å². The van der Waals surface area contributed by atoms with E-state index in [-0.39, 0.29) is 17.0 Å². The zero-order valence-corrected chi connectivity index (χ0v) is 20.0. The number of carbonyl (C=O) groups is 1. The first-order valence-corrected chi connectivity index (χ1v) is 11.2. The summed E-state index contributed by atoms with van der Waals surface area (Å²) in [4.78, 5) is 29.1. The van der Waals surface area contributed by atoms with Crippen LogP contribution < -0.4 is 16.5 Å². The van der Waals surface area contributed by atoms with E-state index < -0.39 is 5.97 Å². The number of anilines is 2. The molecule has 0 saturated carbocycles. The molecule has 4 N–H and O–H groups in total. The van der Waals surface area contributed by atoms with Gasteiger partial charge in [-0.2, -0.15) is 0 Å². The van der Waals surface area contributed by atoms with Crippen molar-refractivity contribution < 1.29 is 14.3 Å². The summed E-state index contributed by atoms with van der Waals surface area (Å²) in [7, 11) is 1.67. The fraction of sp³-hybridized carbons (Fsp3) is 0.179. The molecule has 3 aromatic carbocycles. The molecule has 7 nitrogen and oxygen atoms in total. The van der Waals surface area contributed by atoms with Crippen molar-refractivity contribution >= 4 is 34.5 Å². The van der Waals surface area contributed by atoms with Gasteiger partial charge in [0.05, 0.1) is 17.0 Å². The molecule has 0 amide bonds. The van der Waals surface area contributed by atoms with Crippen LogP contribution in [0, 0.1) is 13.8 Å². The highest BCUT2D eigenvalue weighted by atomic mass is 16.4. The maximum atomic E-state index is 13.4. The fourth-order valence-corrected chi connectivity index (χ4v) is 4.24. The number of nitrogen functional groups attached to an aromatic ring is 1. The van der Waals surface area contributed by atoms with E-state index >= 15 is 0 Å². The number of benzene rings is 3. The number of para-hydroxylation sites is 1. The summed E-state index contributed by atoms with van der Waals surface area (Å²) in [6.07, 6.45) is 1.66. The van der Waals surface area contributed by atoms with Crippen molar-refractivity contribution in [2.45, 2.75) is 26.8 Å². The quantitative estimate of drug-likeness (QED) is 0.251. The molecule has 1 heterocycles. The number of aliphatic imine (C=N–C) groups is 1. The van der Waals surface area contributed by atoms with E-state index in [1.54, 1.807) is 50.5 Å². The van der Waals surface area contributed by atoms with Gasteiger partial charge < -0.3 is 20.6 Å². The number of rotatable bonds is 6. The van der Waals surface area contributed by atoms with Crippen LogP contribution in [0.1, 0.15) is 45.6 Å². The number of aryl methyl sites for hydroxylation is 1. The molecule has 0 radical (unpaired) electrons. The minimum absolute atomic E-state index is 0.119. The number of nitrogens with zero attached hydrogens (tertiary/aromatic N) is 1. The molecule has 4 rings (SSSR count). The van der Waals surface area contributed by atoms with Crippen LogP contribution in [0.25, 0.3) is 22.3 Å². The number of carboxylic acid groups (broad SMARTS) is 1. The van der Waals surface area contributed by atoms with Gasteiger partial charge in [0.2, 0.25) is 0 Å². The minimum atomic E-state index is -1.02. The first kappa shape index (κ1) is 23.8. The lowest BCUT2D eigenvalue weighted by atomic mass is 9.98. The molecule has 7 heteroatoms. The number of nitrogens with one attached hydrogen (secondary N) is 1. The second-order valence-corrected chi connectivity index (χ2v) is 8.56. The zero-order chi connectivity index (χ0) is 25.3. The van der Waals surface area contributed by atoms with Gasteiger partial charge in [0.1, 0.15) is 11.3 Å². The first-order chi connectivity index (χ1) is 16.7. The van der Waals surface area contributed by atoms with Crippen LogP contribution in [0.5, 0.6) is 0 Å². The van der Waals surface area contributed by atoms with Crippen molar-refractivity contribution in [3.8, 4) is 11.3 Å². The Hall–Kier alpha value is -4.39. The summed E-state index contributed by atoms with van der Waals surface area (Å²) < 4.78 is 6.41. The third kappa shape index (κ3) is 4.53. The fourth-order valence-electron chi connectivity index (χ4n) is 4.24. The average molecular weight is 470 g/mol. The highest BCUT2D eigenvalue weighted by molar-refractivity contribution is 5.94. The maximum Gasteiger partial charge on any atom is 0.337 e. The van der Waals surface area contributed by atoms with Gasteiger partial charge >= 0.3 is 5.97 Å². The van der Waals surface area contributed by atoms with Gasteiger partial charge in [0.15, 0.2) is 5.43 Å². The Morgan fingerprint density at radius 1 is 1.14 bits per heavy atom. The summed E-state index contributed by atoms with van der Waals surface area (Å²) >= 11 is 0. The molecule has 4 aromatic rings.